The molecule has 1 saturated heterocycles. The van der Waals surface area contributed by atoms with Crippen LogP contribution in [0.5, 0.6) is 0 Å². The lowest BCUT2D eigenvalue weighted by atomic mass is 9.94. The standard InChI is InChI=1S/C25H27N3O4S/c1-26-23(29)19-8-6-18(7-9-19)16-28(17-21-4-2-14-32-21)24(30)20-10-12-27(13-11-20)25(31)22-5-3-15-33-22/h2-9,14-15,20H,10-13,16-17H2,1H3,(H,26,29). The second-order valence-corrected chi connectivity index (χ2v) is 9.04. The third-order valence-corrected chi connectivity index (χ3v) is 6.78. The Morgan fingerprint density at radius 1 is 1.06 bits per heavy atom. The van der Waals surface area contributed by atoms with E-state index in [0.717, 1.165) is 16.2 Å². The third kappa shape index (κ3) is 5.51. The van der Waals surface area contributed by atoms with E-state index in [9.17, 15) is 14.4 Å². The first kappa shape index (κ1) is 22.8. The van der Waals surface area contributed by atoms with Gasteiger partial charge >= 0.3 is 0 Å². The quantitative estimate of drug-likeness (QED) is 0.576. The molecule has 0 atom stereocenters. The van der Waals surface area contributed by atoms with Crippen LogP contribution in [0.3, 0.4) is 0 Å². The van der Waals surface area contributed by atoms with Crippen LogP contribution in [0.25, 0.3) is 0 Å². The smallest absolute Gasteiger partial charge is 0.263 e. The van der Waals surface area contributed by atoms with E-state index in [2.05, 4.69) is 5.32 Å². The molecule has 0 unspecified atom stereocenters. The van der Waals surface area contributed by atoms with Crippen molar-refractivity contribution in [2.75, 3.05) is 20.1 Å². The number of rotatable bonds is 7. The SMILES string of the molecule is CNC(=O)c1ccc(CN(Cc2ccco2)C(=O)C2CCN(C(=O)c3cccs3)CC2)cc1. The maximum atomic E-state index is 13.5. The van der Waals surface area contributed by atoms with Crippen molar-refractivity contribution in [3.63, 3.8) is 0 Å². The Kier molecular flexibility index (Phi) is 7.24. The molecule has 8 heteroatoms. The van der Waals surface area contributed by atoms with Gasteiger partial charge in [-0.2, -0.15) is 0 Å². The summed E-state index contributed by atoms with van der Waals surface area (Å²) >= 11 is 1.44. The minimum Gasteiger partial charge on any atom is -0.467 e. The summed E-state index contributed by atoms with van der Waals surface area (Å²) < 4.78 is 5.50. The van der Waals surface area contributed by atoms with E-state index in [-0.39, 0.29) is 23.6 Å². The van der Waals surface area contributed by atoms with Crippen LogP contribution >= 0.6 is 11.3 Å². The molecule has 3 amide bonds. The van der Waals surface area contributed by atoms with E-state index in [0.29, 0.717) is 44.6 Å². The average molecular weight is 466 g/mol. The average Bonchev–Trinajstić information content (AvgIpc) is 3.57. The van der Waals surface area contributed by atoms with Gasteiger partial charge in [0, 0.05) is 38.2 Å². The van der Waals surface area contributed by atoms with Gasteiger partial charge < -0.3 is 19.5 Å². The summed E-state index contributed by atoms with van der Waals surface area (Å²) in [5.41, 5.74) is 1.51. The molecular weight excluding hydrogens is 438 g/mol. The molecule has 0 spiro atoms. The first-order chi connectivity index (χ1) is 16.0. The van der Waals surface area contributed by atoms with Crippen LogP contribution in [0.15, 0.2) is 64.6 Å². The van der Waals surface area contributed by atoms with E-state index in [1.807, 2.05) is 46.7 Å². The van der Waals surface area contributed by atoms with Crippen LogP contribution in [-0.2, 0) is 17.9 Å². The summed E-state index contributed by atoms with van der Waals surface area (Å²) in [5.74, 6) is 0.534. The van der Waals surface area contributed by atoms with Crippen LogP contribution in [0, 0.1) is 5.92 Å². The number of hydrogen-bond donors (Lipinski definition) is 1. The fourth-order valence-corrected chi connectivity index (χ4v) is 4.76. The van der Waals surface area contributed by atoms with E-state index in [1.54, 1.807) is 30.3 Å². The highest BCUT2D eigenvalue weighted by Gasteiger charge is 2.31. The Balaban J connectivity index is 1.43. The molecule has 1 N–H and O–H groups in total. The van der Waals surface area contributed by atoms with Crippen LogP contribution in [0.1, 0.15) is 44.2 Å². The van der Waals surface area contributed by atoms with Crippen molar-refractivity contribution in [3.8, 4) is 0 Å². The van der Waals surface area contributed by atoms with E-state index in [1.165, 1.54) is 11.3 Å². The van der Waals surface area contributed by atoms with Gasteiger partial charge in [0.15, 0.2) is 0 Å². The molecule has 0 bridgehead atoms. The minimum atomic E-state index is -0.145. The van der Waals surface area contributed by atoms with Crippen LogP contribution < -0.4 is 5.32 Å². The molecule has 3 aromatic rings. The number of thiophene rings is 1. The van der Waals surface area contributed by atoms with Gasteiger partial charge in [0.05, 0.1) is 17.7 Å². The molecule has 3 heterocycles. The highest BCUT2D eigenvalue weighted by atomic mass is 32.1. The van der Waals surface area contributed by atoms with Crippen LogP contribution in [-0.4, -0.2) is 47.7 Å². The maximum Gasteiger partial charge on any atom is 0.263 e. The predicted octanol–water partition coefficient (Wildman–Crippen LogP) is 3.78. The summed E-state index contributed by atoms with van der Waals surface area (Å²) in [7, 11) is 1.60. The van der Waals surface area contributed by atoms with Crippen molar-refractivity contribution in [1.29, 1.82) is 0 Å². The number of amides is 3. The number of likely N-dealkylation sites (tertiary alicyclic amines) is 1. The first-order valence-electron chi connectivity index (χ1n) is 11.0. The van der Waals surface area contributed by atoms with E-state index in [4.69, 9.17) is 4.42 Å². The molecule has 0 aliphatic carbocycles. The maximum absolute atomic E-state index is 13.5. The van der Waals surface area contributed by atoms with Gasteiger partial charge in [-0.05, 0) is 54.1 Å². The van der Waals surface area contributed by atoms with Crippen LogP contribution in [0.2, 0.25) is 0 Å². The van der Waals surface area contributed by atoms with E-state index >= 15 is 0 Å². The lowest BCUT2D eigenvalue weighted by Gasteiger charge is -2.34. The molecule has 0 radical (unpaired) electrons. The lowest BCUT2D eigenvalue weighted by Crippen LogP contribution is -2.44. The van der Waals surface area contributed by atoms with Crippen LogP contribution in [0.4, 0.5) is 0 Å². The Morgan fingerprint density at radius 2 is 1.82 bits per heavy atom. The van der Waals surface area contributed by atoms with Crippen molar-refractivity contribution < 1.29 is 18.8 Å². The molecular formula is C25H27N3O4S. The molecule has 4 rings (SSSR count). The summed E-state index contributed by atoms with van der Waals surface area (Å²) in [6.45, 7) is 1.93. The number of furan rings is 1. The third-order valence-electron chi connectivity index (χ3n) is 5.92. The number of carbonyl (C=O) groups is 3. The summed E-state index contributed by atoms with van der Waals surface area (Å²) in [6, 6.07) is 14.6. The van der Waals surface area contributed by atoms with Crippen molar-refractivity contribution in [2.45, 2.75) is 25.9 Å². The van der Waals surface area contributed by atoms with Gasteiger partial charge in [-0.15, -0.1) is 11.3 Å². The zero-order chi connectivity index (χ0) is 23.2. The van der Waals surface area contributed by atoms with Gasteiger partial charge in [-0.1, -0.05) is 18.2 Å². The molecule has 33 heavy (non-hydrogen) atoms. The van der Waals surface area contributed by atoms with Gasteiger partial charge in [0.2, 0.25) is 5.91 Å². The van der Waals surface area contributed by atoms with Gasteiger partial charge in [-0.25, -0.2) is 0 Å². The molecule has 1 aromatic carbocycles. The summed E-state index contributed by atoms with van der Waals surface area (Å²) in [6.07, 6.45) is 2.88. The number of carbonyl (C=O) groups excluding carboxylic acids is 3. The molecule has 2 aromatic heterocycles. The molecule has 1 aliphatic heterocycles. The minimum absolute atomic E-state index is 0.0412. The summed E-state index contributed by atoms with van der Waals surface area (Å²) in [5, 5.41) is 4.51. The lowest BCUT2D eigenvalue weighted by molar-refractivity contribution is -0.138. The number of hydrogen-bond acceptors (Lipinski definition) is 5. The fourth-order valence-electron chi connectivity index (χ4n) is 4.07. The molecule has 7 nitrogen and oxygen atoms in total. The molecule has 1 aliphatic rings. The van der Waals surface area contributed by atoms with Crippen molar-refractivity contribution >= 4 is 29.1 Å². The van der Waals surface area contributed by atoms with Gasteiger partial charge in [0.1, 0.15) is 5.76 Å². The fraction of sp³-hybridized carbons (Fsp3) is 0.320. The number of nitrogens with zero attached hydrogens (tertiary/aromatic N) is 2. The second kappa shape index (κ2) is 10.5. The zero-order valence-corrected chi connectivity index (χ0v) is 19.3. The van der Waals surface area contributed by atoms with Gasteiger partial charge in [-0.3, -0.25) is 14.4 Å². The zero-order valence-electron chi connectivity index (χ0n) is 18.5. The van der Waals surface area contributed by atoms with Gasteiger partial charge in [0.25, 0.3) is 11.8 Å². The Bertz CT molecular complexity index is 1070. The Hall–Kier alpha value is -3.39. The monoisotopic (exact) mass is 465 g/mol. The largest absolute Gasteiger partial charge is 0.467 e. The second-order valence-electron chi connectivity index (χ2n) is 8.09. The predicted molar refractivity (Wildman–Crippen MR) is 126 cm³/mol. The highest BCUT2D eigenvalue weighted by Crippen LogP contribution is 2.24. The first-order valence-corrected chi connectivity index (χ1v) is 11.9. The summed E-state index contributed by atoms with van der Waals surface area (Å²) in [4.78, 5) is 42.3. The molecule has 0 saturated carbocycles. The molecule has 172 valence electrons. The number of nitrogens with one attached hydrogen (secondary N) is 1. The normalized spacial score (nSPS) is 14.2. The van der Waals surface area contributed by atoms with E-state index < -0.39 is 0 Å². The number of benzene rings is 1. The molecule has 1 fully saturated rings. The topological polar surface area (TPSA) is 82.9 Å². The highest BCUT2D eigenvalue weighted by molar-refractivity contribution is 7.12. The van der Waals surface area contributed by atoms with Crippen molar-refractivity contribution in [1.82, 2.24) is 15.1 Å². The van der Waals surface area contributed by atoms with Crippen molar-refractivity contribution in [2.24, 2.45) is 5.92 Å². The Morgan fingerprint density at radius 3 is 2.42 bits per heavy atom. The number of piperidine rings is 1. The van der Waals surface area contributed by atoms with Crippen molar-refractivity contribution in [3.05, 3.63) is 81.9 Å². The Labute approximate surface area is 197 Å².